The molecule has 1 saturated carbocycles. The molecule has 0 aromatic carbocycles. The Morgan fingerprint density at radius 2 is 1.73 bits per heavy atom. The molecule has 4 aliphatic rings. The normalized spacial score (nSPS) is 26.2. The Hall–Kier alpha value is -1.95. The molecule has 182 valence electrons. The number of sulfonamides is 1. The fourth-order valence-corrected chi connectivity index (χ4v) is 7.40. The number of halogens is 3. The SMILES string of the molecule is O=C(N1CC2(CCC(Cc3cnc(C(F)(F)F)cn3)CC2)C1)N1CC2(CCCS(=O)(=O)N2)C1. The zero-order chi connectivity index (χ0) is 23.5. The van der Waals surface area contributed by atoms with Gasteiger partial charge in [-0.2, -0.15) is 13.2 Å². The van der Waals surface area contributed by atoms with Crippen LogP contribution in [0.25, 0.3) is 0 Å². The summed E-state index contributed by atoms with van der Waals surface area (Å²) in [6.07, 6.45) is 3.45. The third-order valence-corrected chi connectivity index (χ3v) is 9.25. The largest absolute Gasteiger partial charge is 0.434 e. The Morgan fingerprint density at radius 1 is 1.06 bits per heavy atom. The Labute approximate surface area is 191 Å². The van der Waals surface area contributed by atoms with Crippen LogP contribution in [0, 0.1) is 11.3 Å². The lowest BCUT2D eigenvalue weighted by molar-refractivity contribution is -0.141. The lowest BCUT2D eigenvalue weighted by Crippen LogP contribution is -2.75. The second kappa shape index (κ2) is 7.79. The van der Waals surface area contributed by atoms with Gasteiger partial charge in [0, 0.05) is 37.8 Å². The van der Waals surface area contributed by atoms with Crippen LogP contribution in [0.2, 0.25) is 0 Å². The maximum Gasteiger partial charge on any atom is 0.434 e. The van der Waals surface area contributed by atoms with Crippen LogP contribution in [0.5, 0.6) is 0 Å². The fraction of sp³-hybridized carbons (Fsp3) is 0.762. The van der Waals surface area contributed by atoms with Gasteiger partial charge in [-0.1, -0.05) is 0 Å². The van der Waals surface area contributed by atoms with Crippen LogP contribution in [0.3, 0.4) is 0 Å². The van der Waals surface area contributed by atoms with Crippen LogP contribution in [0.1, 0.15) is 49.9 Å². The summed E-state index contributed by atoms with van der Waals surface area (Å²) in [6, 6.07) is -0.0156. The molecule has 5 rings (SSSR count). The number of rotatable bonds is 2. The second-order valence-corrected chi connectivity index (χ2v) is 12.2. The summed E-state index contributed by atoms with van der Waals surface area (Å²) in [5.74, 6) is 0.519. The summed E-state index contributed by atoms with van der Waals surface area (Å²) >= 11 is 0. The van der Waals surface area contributed by atoms with Gasteiger partial charge in [0.2, 0.25) is 10.0 Å². The van der Waals surface area contributed by atoms with Gasteiger partial charge in [0.15, 0.2) is 5.69 Å². The first-order valence-electron chi connectivity index (χ1n) is 11.4. The molecule has 8 nitrogen and oxygen atoms in total. The summed E-state index contributed by atoms with van der Waals surface area (Å²) in [6.45, 7) is 2.30. The molecule has 33 heavy (non-hydrogen) atoms. The molecule has 3 saturated heterocycles. The average molecular weight is 488 g/mol. The minimum absolute atomic E-state index is 0.0156. The van der Waals surface area contributed by atoms with E-state index in [0.29, 0.717) is 50.6 Å². The quantitative estimate of drug-likeness (QED) is 0.691. The molecule has 2 spiro atoms. The number of alkyl halides is 3. The smallest absolute Gasteiger partial charge is 0.323 e. The zero-order valence-electron chi connectivity index (χ0n) is 18.3. The molecule has 0 atom stereocenters. The van der Waals surface area contributed by atoms with Crippen molar-refractivity contribution in [2.45, 2.75) is 56.7 Å². The van der Waals surface area contributed by atoms with Crippen molar-refractivity contribution >= 4 is 16.1 Å². The van der Waals surface area contributed by atoms with Gasteiger partial charge in [0.05, 0.1) is 23.2 Å². The number of amides is 2. The number of aromatic nitrogens is 2. The summed E-state index contributed by atoms with van der Waals surface area (Å²) in [4.78, 5) is 23.8. The lowest BCUT2D eigenvalue weighted by atomic mass is 9.65. The van der Waals surface area contributed by atoms with E-state index in [9.17, 15) is 26.4 Å². The predicted octanol–water partition coefficient (Wildman–Crippen LogP) is 2.42. The number of carbonyl (C=O) groups is 1. The van der Waals surface area contributed by atoms with Gasteiger partial charge in [0.1, 0.15) is 0 Å². The van der Waals surface area contributed by atoms with E-state index >= 15 is 0 Å². The van der Waals surface area contributed by atoms with E-state index in [1.54, 1.807) is 4.90 Å². The molecule has 4 heterocycles. The maximum atomic E-state index is 12.8. The number of carbonyl (C=O) groups excluding carboxylic acids is 1. The van der Waals surface area contributed by atoms with Crippen LogP contribution < -0.4 is 4.72 Å². The summed E-state index contributed by atoms with van der Waals surface area (Å²) in [7, 11) is -3.23. The first-order valence-corrected chi connectivity index (χ1v) is 13.1. The van der Waals surface area contributed by atoms with E-state index in [1.807, 2.05) is 4.90 Å². The van der Waals surface area contributed by atoms with Crippen molar-refractivity contribution < 1.29 is 26.4 Å². The van der Waals surface area contributed by atoms with E-state index in [2.05, 4.69) is 14.7 Å². The molecule has 2 amide bonds. The predicted molar refractivity (Wildman–Crippen MR) is 113 cm³/mol. The van der Waals surface area contributed by atoms with E-state index in [0.717, 1.165) is 38.3 Å². The molecule has 1 aromatic rings. The van der Waals surface area contributed by atoms with E-state index in [1.165, 1.54) is 6.20 Å². The van der Waals surface area contributed by atoms with Gasteiger partial charge in [-0.3, -0.25) is 4.98 Å². The van der Waals surface area contributed by atoms with E-state index < -0.39 is 27.4 Å². The summed E-state index contributed by atoms with van der Waals surface area (Å²) in [5, 5.41) is 0. The first-order chi connectivity index (χ1) is 15.5. The van der Waals surface area contributed by atoms with Crippen LogP contribution in [-0.4, -0.2) is 71.7 Å². The molecule has 12 heteroatoms. The Balaban J connectivity index is 1.07. The van der Waals surface area contributed by atoms with Crippen molar-refractivity contribution in [1.29, 1.82) is 0 Å². The van der Waals surface area contributed by atoms with Crippen molar-refractivity contribution in [3.8, 4) is 0 Å². The molecule has 1 aliphatic carbocycles. The van der Waals surface area contributed by atoms with Gasteiger partial charge in [-0.05, 0) is 50.9 Å². The highest BCUT2D eigenvalue weighted by molar-refractivity contribution is 7.89. The zero-order valence-corrected chi connectivity index (χ0v) is 19.1. The van der Waals surface area contributed by atoms with Crippen molar-refractivity contribution in [3.63, 3.8) is 0 Å². The van der Waals surface area contributed by atoms with Crippen LogP contribution in [0.4, 0.5) is 18.0 Å². The van der Waals surface area contributed by atoms with Gasteiger partial charge < -0.3 is 9.80 Å². The minimum Gasteiger partial charge on any atom is -0.323 e. The fourth-order valence-electron chi connectivity index (χ4n) is 5.89. The lowest BCUT2D eigenvalue weighted by Gasteiger charge is -2.58. The van der Waals surface area contributed by atoms with Gasteiger partial charge >= 0.3 is 12.2 Å². The maximum absolute atomic E-state index is 12.8. The number of urea groups is 1. The molecular weight excluding hydrogens is 459 g/mol. The number of nitrogens with one attached hydrogen (secondary N) is 1. The van der Waals surface area contributed by atoms with E-state index in [4.69, 9.17) is 0 Å². The van der Waals surface area contributed by atoms with Gasteiger partial charge in [-0.15, -0.1) is 0 Å². The molecule has 0 bridgehead atoms. The number of nitrogens with zero attached hydrogens (tertiary/aromatic N) is 4. The highest BCUT2D eigenvalue weighted by Crippen LogP contribution is 2.47. The molecular formula is C21H28F3N5O3S. The molecule has 3 aliphatic heterocycles. The van der Waals surface area contributed by atoms with Crippen molar-refractivity contribution in [1.82, 2.24) is 24.5 Å². The summed E-state index contributed by atoms with van der Waals surface area (Å²) < 4.78 is 64.4. The van der Waals surface area contributed by atoms with Gasteiger partial charge in [-0.25, -0.2) is 22.9 Å². The molecule has 4 fully saturated rings. The average Bonchev–Trinajstić information content (AvgIpc) is 2.69. The standard InChI is InChI=1S/C21H28F3N5O3S/c22-21(23,24)17-10-25-16(9-26-17)8-15-2-5-19(6-3-15)11-28(12-19)18(30)29-13-20(14-29)4-1-7-33(31,32)27-20/h9-10,15,27H,1-8,11-14H2. The molecule has 0 radical (unpaired) electrons. The summed E-state index contributed by atoms with van der Waals surface area (Å²) in [5.41, 5.74) is -0.733. The molecule has 1 aromatic heterocycles. The third kappa shape index (κ3) is 4.55. The third-order valence-electron chi connectivity index (χ3n) is 7.68. The second-order valence-electron chi connectivity index (χ2n) is 10.3. The topological polar surface area (TPSA) is 95.5 Å². The van der Waals surface area contributed by atoms with E-state index in [-0.39, 0.29) is 17.2 Å². The Kier molecular flexibility index (Phi) is 5.39. The van der Waals surface area contributed by atoms with Crippen LogP contribution >= 0.6 is 0 Å². The van der Waals surface area contributed by atoms with Gasteiger partial charge in [0.25, 0.3) is 0 Å². The van der Waals surface area contributed by atoms with Crippen molar-refractivity contribution in [2.75, 3.05) is 31.9 Å². The number of hydrogen-bond acceptors (Lipinski definition) is 5. The highest BCUT2D eigenvalue weighted by Gasteiger charge is 2.53. The van der Waals surface area contributed by atoms with Crippen molar-refractivity contribution in [2.24, 2.45) is 11.3 Å². The minimum atomic E-state index is -4.47. The molecule has 0 unspecified atom stereocenters. The monoisotopic (exact) mass is 487 g/mol. The van der Waals surface area contributed by atoms with Crippen molar-refractivity contribution in [3.05, 3.63) is 23.8 Å². The first kappa shape index (κ1) is 22.8. The Bertz CT molecular complexity index is 1010. The highest BCUT2D eigenvalue weighted by atomic mass is 32.2. The molecule has 1 N–H and O–H groups in total. The van der Waals surface area contributed by atoms with Crippen LogP contribution in [0.15, 0.2) is 12.4 Å². The van der Waals surface area contributed by atoms with Crippen LogP contribution in [-0.2, 0) is 22.6 Å². The number of hydrogen-bond donors (Lipinski definition) is 1. The number of likely N-dealkylation sites (tertiary alicyclic amines) is 2. The Morgan fingerprint density at radius 3 is 2.30 bits per heavy atom.